The molecule has 1 fully saturated rings. The van der Waals surface area contributed by atoms with Gasteiger partial charge in [-0.3, -0.25) is 4.68 Å². The van der Waals surface area contributed by atoms with Crippen molar-refractivity contribution >= 4 is 0 Å². The second kappa shape index (κ2) is 5.19. The number of aromatic nitrogens is 2. The first-order valence-electron chi connectivity index (χ1n) is 6.50. The quantitative estimate of drug-likeness (QED) is 0.823. The fourth-order valence-corrected chi connectivity index (χ4v) is 2.75. The molecule has 1 heterocycles. The molecular weight excluding hydrogens is 214 g/mol. The van der Waals surface area contributed by atoms with Crippen LogP contribution in [-0.4, -0.2) is 29.5 Å². The zero-order chi connectivity index (χ0) is 12.3. The SMILES string of the molecule is CCCn1cc(C(NC)C2(OC)CCC2)cn1. The summed E-state index contributed by atoms with van der Waals surface area (Å²) in [4.78, 5) is 0. The zero-order valence-electron chi connectivity index (χ0n) is 11.1. The van der Waals surface area contributed by atoms with E-state index in [1.165, 1.54) is 12.0 Å². The van der Waals surface area contributed by atoms with Crippen molar-refractivity contribution in [2.24, 2.45) is 0 Å². The first-order valence-corrected chi connectivity index (χ1v) is 6.50. The first kappa shape index (κ1) is 12.6. The van der Waals surface area contributed by atoms with Crippen molar-refractivity contribution in [3.05, 3.63) is 18.0 Å². The third-order valence-corrected chi connectivity index (χ3v) is 3.86. The van der Waals surface area contributed by atoms with Gasteiger partial charge < -0.3 is 10.1 Å². The molecule has 0 aromatic carbocycles. The lowest BCUT2D eigenvalue weighted by molar-refractivity contribution is -0.0983. The van der Waals surface area contributed by atoms with Crippen LogP contribution in [0.5, 0.6) is 0 Å². The van der Waals surface area contributed by atoms with E-state index in [0.717, 1.165) is 25.8 Å². The van der Waals surface area contributed by atoms with Crippen molar-refractivity contribution in [1.82, 2.24) is 15.1 Å². The predicted molar refractivity (Wildman–Crippen MR) is 67.9 cm³/mol. The molecule has 0 amide bonds. The van der Waals surface area contributed by atoms with Crippen LogP contribution in [0.3, 0.4) is 0 Å². The van der Waals surface area contributed by atoms with Crippen LogP contribution in [0.4, 0.5) is 0 Å². The van der Waals surface area contributed by atoms with Gasteiger partial charge in [-0.05, 0) is 32.7 Å². The number of nitrogens with one attached hydrogen (secondary N) is 1. The van der Waals surface area contributed by atoms with E-state index in [2.05, 4.69) is 23.5 Å². The van der Waals surface area contributed by atoms with Crippen LogP contribution in [0.15, 0.2) is 12.4 Å². The molecule has 0 radical (unpaired) electrons. The number of methoxy groups -OCH3 is 1. The molecule has 96 valence electrons. The molecule has 1 unspecified atom stereocenters. The number of aryl methyl sites for hydroxylation is 1. The Morgan fingerprint density at radius 3 is 2.82 bits per heavy atom. The van der Waals surface area contributed by atoms with Gasteiger partial charge in [-0.15, -0.1) is 0 Å². The topological polar surface area (TPSA) is 39.1 Å². The molecular formula is C13H23N3O. The number of likely N-dealkylation sites (N-methyl/N-ethyl adjacent to an activating group) is 1. The highest BCUT2D eigenvalue weighted by atomic mass is 16.5. The third kappa shape index (κ3) is 2.24. The Morgan fingerprint density at radius 1 is 1.59 bits per heavy atom. The maximum absolute atomic E-state index is 5.75. The number of ether oxygens (including phenoxy) is 1. The summed E-state index contributed by atoms with van der Waals surface area (Å²) in [5.41, 5.74) is 1.22. The Bertz CT molecular complexity index is 352. The molecule has 0 saturated heterocycles. The van der Waals surface area contributed by atoms with Crippen molar-refractivity contribution in [2.45, 2.75) is 50.8 Å². The summed E-state index contributed by atoms with van der Waals surface area (Å²) in [7, 11) is 3.82. The average Bonchev–Trinajstić information content (AvgIpc) is 2.72. The van der Waals surface area contributed by atoms with Crippen LogP contribution < -0.4 is 5.32 Å². The fourth-order valence-electron chi connectivity index (χ4n) is 2.75. The molecule has 4 nitrogen and oxygen atoms in total. The Labute approximate surface area is 103 Å². The van der Waals surface area contributed by atoms with Crippen molar-refractivity contribution in [1.29, 1.82) is 0 Å². The summed E-state index contributed by atoms with van der Waals surface area (Å²) in [5, 5.41) is 7.79. The van der Waals surface area contributed by atoms with E-state index in [4.69, 9.17) is 4.74 Å². The number of hydrogen-bond donors (Lipinski definition) is 1. The molecule has 17 heavy (non-hydrogen) atoms. The van der Waals surface area contributed by atoms with E-state index in [1.54, 1.807) is 0 Å². The molecule has 2 rings (SSSR count). The Balaban J connectivity index is 2.16. The van der Waals surface area contributed by atoms with Crippen molar-refractivity contribution < 1.29 is 4.74 Å². The predicted octanol–water partition coefficient (Wildman–Crippen LogP) is 2.12. The lowest BCUT2D eigenvalue weighted by Crippen LogP contribution is -2.49. The summed E-state index contributed by atoms with van der Waals surface area (Å²) >= 11 is 0. The lowest BCUT2D eigenvalue weighted by Gasteiger charge is -2.46. The minimum atomic E-state index is -0.0190. The molecule has 1 aromatic heterocycles. The minimum absolute atomic E-state index is 0.0190. The highest BCUT2D eigenvalue weighted by molar-refractivity contribution is 5.18. The third-order valence-electron chi connectivity index (χ3n) is 3.86. The fraction of sp³-hybridized carbons (Fsp3) is 0.769. The molecule has 0 bridgehead atoms. The van der Waals surface area contributed by atoms with Gasteiger partial charge in [0.15, 0.2) is 0 Å². The molecule has 0 aliphatic heterocycles. The summed E-state index contributed by atoms with van der Waals surface area (Å²) in [6, 6.07) is 0.256. The lowest BCUT2D eigenvalue weighted by atomic mass is 9.73. The molecule has 0 spiro atoms. The summed E-state index contributed by atoms with van der Waals surface area (Å²) in [6.45, 7) is 3.15. The van der Waals surface area contributed by atoms with E-state index < -0.39 is 0 Å². The number of hydrogen-bond acceptors (Lipinski definition) is 3. The van der Waals surface area contributed by atoms with E-state index in [1.807, 2.05) is 25.0 Å². The average molecular weight is 237 g/mol. The van der Waals surface area contributed by atoms with Crippen LogP contribution in [0.2, 0.25) is 0 Å². The number of nitrogens with zero attached hydrogens (tertiary/aromatic N) is 2. The van der Waals surface area contributed by atoms with Crippen LogP contribution in [0.1, 0.15) is 44.2 Å². The van der Waals surface area contributed by atoms with Gasteiger partial charge in [0, 0.05) is 25.4 Å². The van der Waals surface area contributed by atoms with Gasteiger partial charge in [0.05, 0.1) is 17.8 Å². The van der Waals surface area contributed by atoms with Crippen LogP contribution in [0, 0.1) is 0 Å². The van der Waals surface area contributed by atoms with E-state index >= 15 is 0 Å². The van der Waals surface area contributed by atoms with Gasteiger partial charge in [-0.1, -0.05) is 6.92 Å². The standard InChI is InChI=1S/C13H23N3O/c1-4-8-16-10-11(9-15-16)12(14-2)13(17-3)6-5-7-13/h9-10,12,14H,4-8H2,1-3H3. The monoisotopic (exact) mass is 237 g/mol. The minimum Gasteiger partial charge on any atom is -0.376 e. The van der Waals surface area contributed by atoms with Crippen molar-refractivity contribution in [3.8, 4) is 0 Å². The molecule has 4 heteroatoms. The summed E-state index contributed by atoms with van der Waals surface area (Å²) < 4.78 is 7.77. The Kier molecular flexibility index (Phi) is 3.84. The van der Waals surface area contributed by atoms with Crippen LogP contribution in [0.25, 0.3) is 0 Å². The highest BCUT2D eigenvalue weighted by Gasteiger charge is 2.44. The highest BCUT2D eigenvalue weighted by Crippen LogP contribution is 2.44. The van der Waals surface area contributed by atoms with Gasteiger partial charge in [-0.2, -0.15) is 5.10 Å². The van der Waals surface area contributed by atoms with Gasteiger partial charge in [0.1, 0.15) is 0 Å². The largest absolute Gasteiger partial charge is 0.376 e. The Morgan fingerprint density at radius 2 is 2.35 bits per heavy atom. The first-order chi connectivity index (χ1) is 8.25. The maximum atomic E-state index is 5.75. The molecule has 1 aromatic rings. The normalized spacial score (nSPS) is 19.9. The molecule has 1 aliphatic carbocycles. The van der Waals surface area contributed by atoms with E-state index in [-0.39, 0.29) is 11.6 Å². The summed E-state index contributed by atoms with van der Waals surface area (Å²) in [6.07, 6.45) is 8.75. The smallest absolute Gasteiger partial charge is 0.0873 e. The van der Waals surface area contributed by atoms with Gasteiger partial charge >= 0.3 is 0 Å². The second-order valence-corrected chi connectivity index (χ2v) is 4.88. The molecule has 1 saturated carbocycles. The van der Waals surface area contributed by atoms with Gasteiger partial charge in [0.2, 0.25) is 0 Å². The van der Waals surface area contributed by atoms with E-state index in [0.29, 0.717) is 0 Å². The second-order valence-electron chi connectivity index (χ2n) is 4.88. The Hall–Kier alpha value is -0.870. The molecule has 1 aliphatic rings. The maximum Gasteiger partial charge on any atom is 0.0873 e. The summed E-state index contributed by atoms with van der Waals surface area (Å²) in [5.74, 6) is 0. The van der Waals surface area contributed by atoms with Gasteiger partial charge in [-0.25, -0.2) is 0 Å². The van der Waals surface area contributed by atoms with Crippen molar-refractivity contribution in [3.63, 3.8) is 0 Å². The van der Waals surface area contributed by atoms with Gasteiger partial charge in [0.25, 0.3) is 0 Å². The molecule has 1 atom stereocenters. The van der Waals surface area contributed by atoms with Crippen molar-refractivity contribution in [2.75, 3.05) is 14.2 Å². The zero-order valence-corrected chi connectivity index (χ0v) is 11.1. The number of rotatable bonds is 6. The van der Waals surface area contributed by atoms with Crippen LogP contribution in [-0.2, 0) is 11.3 Å². The molecule has 1 N–H and O–H groups in total. The van der Waals surface area contributed by atoms with Crippen LogP contribution >= 0.6 is 0 Å². The van der Waals surface area contributed by atoms with E-state index in [9.17, 15) is 0 Å².